The fraction of sp³-hybridized carbons (Fsp3) is 0.727. The minimum absolute atomic E-state index is 0.0255. The standard InChI is InChI=1S/C22H34F2N2O4/c1-9-13-26(17(4)5)21(28)22(23,24)30-19(8)12-10-11-14-25(16(2)3)20(27)15-29-18(6)7/h1,16-19H,12-15H2,2-8H3. The fourth-order valence-corrected chi connectivity index (χ4v) is 2.34. The highest BCUT2D eigenvalue weighted by Crippen LogP contribution is 2.23. The van der Waals surface area contributed by atoms with E-state index in [0.717, 1.165) is 4.90 Å². The quantitative estimate of drug-likeness (QED) is 0.475. The van der Waals surface area contributed by atoms with Gasteiger partial charge in [0.05, 0.1) is 25.3 Å². The van der Waals surface area contributed by atoms with E-state index >= 15 is 0 Å². The summed E-state index contributed by atoms with van der Waals surface area (Å²) in [7, 11) is 0. The van der Waals surface area contributed by atoms with Gasteiger partial charge in [-0.15, -0.1) is 6.42 Å². The Kier molecular flexibility index (Phi) is 12.3. The van der Waals surface area contributed by atoms with Gasteiger partial charge in [0.2, 0.25) is 5.91 Å². The molecule has 0 spiro atoms. The lowest BCUT2D eigenvalue weighted by atomic mass is 10.2. The van der Waals surface area contributed by atoms with Gasteiger partial charge in [-0.2, -0.15) is 8.78 Å². The number of alkyl halides is 2. The van der Waals surface area contributed by atoms with Crippen LogP contribution in [0.4, 0.5) is 8.78 Å². The zero-order chi connectivity index (χ0) is 23.5. The van der Waals surface area contributed by atoms with Crippen molar-refractivity contribution < 1.29 is 27.8 Å². The molecule has 0 aliphatic carbocycles. The van der Waals surface area contributed by atoms with E-state index in [4.69, 9.17) is 11.2 Å². The smallest absolute Gasteiger partial charge is 0.369 e. The van der Waals surface area contributed by atoms with Crippen molar-refractivity contribution in [2.75, 3.05) is 19.7 Å². The molecular formula is C22H34F2N2O4. The first-order valence-corrected chi connectivity index (χ1v) is 10.00. The summed E-state index contributed by atoms with van der Waals surface area (Å²) in [5.74, 6) is 6.05. The Labute approximate surface area is 179 Å². The molecule has 0 aliphatic heterocycles. The Morgan fingerprint density at radius 1 is 0.967 bits per heavy atom. The van der Waals surface area contributed by atoms with Crippen LogP contribution in [-0.2, 0) is 19.1 Å². The molecule has 0 aliphatic rings. The first kappa shape index (κ1) is 27.8. The van der Waals surface area contributed by atoms with Crippen LogP contribution in [0.5, 0.6) is 0 Å². The SMILES string of the molecule is C#CCN(C(=O)C(F)(F)OC(C)CC#CCN(C(=O)COC(C)C)C(C)C)C(C)C. The molecular weight excluding hydrogens is 394 g/mol. The molecule has 30 heavy (non-hydrogen) atoms. The number of nitrogens with zero attached hydrogens (tertiary/aromatic N) is 2. The summed E-state index contributed by atoms with van der Waals surface area (Å²) in [4.78, 5) is 26.7. The molecule has 1 atom stereocenters. The number of halogens is 2. The highest BCUT2D eigenvalue weighted by Gasteiger charge is 2.45. The molecule has 0 radical (unpaired) electrons. The second-order valence-electron chi connectivity index (χ2n) is 7.71. The molecule has 6 nitrogen and oxygen atoms in total. The summed E-state index contributed by atoms with van der Waals surface area (Å²) < 4.78 is 38.4. The molecule has 0 saturated heterocycles. The summed E-state index contributed by atoms with van der Waals surface area (Å²) in [6.45, 7) is 11.8. The fourth-order valence-electron chi connectivity index (χ4n) is 2.34. The summed E-state index contributed by atoms with van der Waals surface area (Å²) >= 11 is 0. The van der Waals surface area contributed by atoms with Gasteiger partial charge in [-0.25, -0.2) is 0 Å². The molecule has 2 amide bonds. The summed E-state index contributed by atoms with van der Waals surface area (Å²) in [6.07, 6.45) is 0.0556. The number of ether oxygens (including phenoxy) is 2. The molecule has 8 heteroatoms. The second-order valence-corrected chi connectivity index (χ2v) is 7.71. The third-order valence-electron chi connectivity index (χ3n) is 3.99. The van der Waals surface area contributed by atoms with Crippen LogP contribution < -0.4 is 0 Å². The Bertz CT molecular complexity index is 660. The zero-order valence-electron chi connectivity index (χ0n) is 19.0. The highest BCUT2D eigenvalue weighted by atomic mass is 19.3. The van der Waals surface area contributed by atoms with Crippen LogP contribution in [-0.4, -0.2) is 71.7 Å². The van der Waals surface area contributed by atoms with E-state index in [1.165, 1.54) is 6.92 Å². The number of rotatable bonds is 11. The van der Waals surface area contributed by atoms with E-state index < -0.39 is 24.2 Å². The van der Waals surface area contributed by atoms with Crippen molar-refractivity contribution in [3.8, 4) is 24.2 Å². The maximum Gasteiger partial charge on any atom is 0.437 e. The molecule has 0 aromatic carbocycles. The Hall–Kier alpha value is -2.16. The lowest BCUT2D eigenvalue weighted by Gasteiger charge is -2.29. The summed E-state index contributed by atoms with van der Waals surface area (Å²) in [5.41, 5.74) is 0. The van der Waals surface area contributed by atoms with E-state index in [1.807, 2.05) is 27.7 Å². The van der Waals surface area contributed by atoms with Gasteiger partial charge >= 0.3 is 12.0 Å². The Morgan fingerprint density at radius 2 is 1.53 bits per heavy atom. The predicted octanol–water partition coefficient (Wildman–Crippen LogP) is 2.91. The molecule has 0 rings (SSSR count). The van der Waals surface area contributed by atoms with Crippen LogP contribution in [0.25, 0.3) is 0 Å². The average Bonchev–Trinajstić information content (AvgIpc) is 2.62. The predicted molar refractivity (Wildman–Crippen MR) is 112 cm³/mol. The first-order chi connectivity index (χ1) is 13.8. The molecule has 0 fully saturated rings. The van der Waals surface area contributed by atoms with Crippen molar-refractivity contribution in [2.24, 2.45) is 0 Å². The summed E-state index contributed by atoms with van der Waals surface area (Å²) in [6, 6.07) is -0.575. The highest BCUT2D eigenvalue weighted by molar-refractivity contribution is 5.82. The number of terminal acetylenes is 1. The van der Waals surface area contributed by atoms with E-state index in [-0.39, 0.29) is 44.2 Å². The van der Waals surface area contributed by atoms with Crippen LogP contribution in [0.3, 0.4) is 0 Å². The lowest BCUT2D eigenvalue weighted by molar-refractivity contribution is -0.254. The van der Waals surface area contributed by atoms with E-state index in [2.05, 4.69) is 22.5 Å². The molecule has 170 valence electrons. The van der Waals surface area contributed by atoms with Gasteiger partial charge in [0, 0.05) is 18.5 Å². The van der Waals surface area contributed by atoms with Gasteiger partial charge in [0.15, 0.2) is 0 Å². The number of carbonyl (C=O) groups is 2. The maximum absolute atomic E-state index is 14.2. The first-order valence-electron chi connectivity index (χ1n) is 10.00. The van der Waals surface area contributed by atoms with E-state index in [0.29, 0.717) is 0 Å². The monoisotopic (exact) mass is 428 g/mol. The van der Waals surface area contributed by atoms with Crippen molar-refractivity contribution in [3.05, 3.63) is 0 Å². The Balaban J connectivity index is 4.84. The third kappa shape index (κ3) is 10.0. The third-order valence-corrected chi connectivity index (χ3v) is 3.99. The number of carbonyl (C=O) groups excluding carboxylic acids is 2. The molecule has 0 bridgehead atoms. The largest absolute Gasteiger partial charge is 0.437 e. The number of amides is 2. The van der Waals surface area contributed by atoms with Gasteiger partial charge in [0.1, 0.15) is 6.61 Å². The lowest BCUT2D eigenvalue weighted by Crippen LogP contribution is -2.49. The zero-order valence-corrected chi connectivity index (χ0v) is 19.0. The van der Waals surface area contributed by atoms with Gasteiger partial charge < -0.3 is 19.3 Å². The Morgan fingerprint density at radius 3 is 2.00 bits per heavy atom. The van der Waals surface area contributed by atoms with Crippen LogP contribution in [0, 0.1) is 24.2 Å². The molecule has 0 aromatic heterocycles. The number of hydrogen-bond acceptors (Lipinski definition) is 4. The minimum Gasteiger partial charge on any atom is -0.369 e. The van der Waals surface area contributed by atoms with Crippen molar-refractivity contribution in [1.29, 1.82) is 0 Å². The normalized spacial score (nSPS) is 12.4. The molecule has 0 saturated carbocycles. The molecule has 1 unspecified atom stereocenters. The van der Waals surface area contributed by atoms with Crippen molar-refractivity contribution in [1.82, 2.24) is 9.80 Å². The van der Waals surface area contributed by atoms with E-state index in [1.54, 1.807) is 18.7 Å². The van der Waals surface area contributed by atoms with E-state index in [9.17, 15) is 18.4 Å². The van der Waals surface area contributed by atoms with Gasteiger partial charge in [0.25, 0.3) is 0 Å². The van der Waals surface area contributed by atoms with Crippen molar-refractivity contribution in [3.63, 3.8) is 0 Å². The van der Waals surface area contributed by atoms with Gasteiger partial charge in [-0.1, -0.05) is 17.8 Å². The van der Waals surface area contributed by atoms with Gasteiger partial charge in [-0.3, -0.25) is 9.59 Å². The van der Waals surface area contributed by atoms with Crippen LogP contribution in [0.1, 0.15) is 54.9 Å². The molecule has 0 heterocycles. The summed E-state index contributed by atoms with van der Waals surface area (Å²) in [5, 5.41) is 0. The molecule has 0 N–H and O–H groups in total. The second kappa shape index (κ2) is 13.2. The van der Waals surface area contributed by atoms with Crippen molar-refractivity contribution in [2.45, 2.75) is 85.3 Å². The van der Waals surface area contributed by atoms with Gasteiger partial charge in [-0.05, 0) is 48.5 Å². The number of hydrogen-bond donors (Lipinski definition) is 0. The van der Waals surface area contributed by atoms with Crippen LogP contribution >= 0.6 is 0 Å². The maximum atomic E-state index is 14.2. The van der Waals surface area contributed by atoms with Crippen LogP contribution in [0.15, 0.2) is 0 Å². The topological polar surface area (TPSA) is 59.1 Å². The average molecular weight is 429 g/mol. The minimum atomic E-state index is -4.00. The molecule has 0 aromatic rings. The van der Waals surface area contributed by atoms with Crippen LogP contribution in [0.2, 0.25) is 0 Å². The van der Waals surface area contributed by atoms with Crippen molar-refractivity contribution >= 4 is 11.8 Å².